The van der Waals surface area contributed by atoms with Crippen LogP contribution in [0.3, 0.4) is 0 Å². The second-order valence-electron chi connectivity index (χ2n) is 2.46. The van der Waals surface area contributed by atoms with E-state index in [9.17, 15) is 9.59 Å². The minimum absolute atomic E-state index is 0.0694. The van der Waals surface area contributed by atoms with Crippen LogP contribution in [0.4, 0.5) is 0 Å². The van der Waals surface area contributed by atoms with Crippen LogP contribution in [0, 0.1) is 0 Å². The SMILES string of the molecule is COC(=O)c1cc(Cl)ccc1C(=O)Cl. The zero-order valence-electron chi connectivity index (χ0n) is 7.21. The molecular weight excluding hydrogens is 227 g/mol. The summed E-state index contributed by atoms with van der Waals surface area (Å²) in [6.07, 6.45) is 0. The van der Waals surface area contributed by atoms with Crippen LogP contribution in [-0.4, -0.2) is 18.3 Å². The minimum atomic E-state index is -0.720. The van der Waals surface area contributed by atoms with E-state index in [0.29, 0.717) is 5.02 Å². The fourth-order valence-corrected chi connectivity index (χ4v) is 1.30. The van der Waals surface area contributed by atoms with Crippen molar-refractivity contribution in [3.05, 3.63) is 34.3 Å². The van der Waals surface area contributed by atoms with Gasteiger partial charge in [-0.05, 0) is 29.8 Å². The summed E-state index contributed by atoms with van der Waals surface area (Å²) < 4.78 is 4.47. The van der Waals surface area contributed by atoms with Gasteiger partial charge in [0.2, 0.25) is 0 Å². The number of carbonyl (C=O) groups excluding carboxylic acids is 2. The Balaban J connectivity index is 3.29. The molecule has 74 valence electrons. The molecule has 1 aromatic rings. The molecule has 0 aliphatic carbocycles. The summed E-state index contributed by atoms with van der Waals surface area (Å²) in [5.41, 5.74) is 0.155. The van der Waals surface area contributed by atoms with Crippen molar-refractivity contribution in [3.8, 4) is 0 Å². The second-order valence-corrected chi connectivity index (χ2v) is 3.23. The highest BCUT2D eigenvalue weighted by atomic mass is 35.5. The minimum Gasteiger partial charge on any atom is -0.465 e. The maximum atomic E-state index is 11.2. The quantitative estimate of drug-likeness (QED) is 0.582. The summed E-state index contributed by atoms with van der Waals surface area (Å²) in [4.78, 5) is 22.1. The summed E-state index contributed by atoms with van der Waals surface area (Å²) in [5, 5.41) is -0.380. The van der Waals surface area contributed by atoms with Crippen LogP contribution in [0.15, 0.2) is 18.2 Å². The molecule has 0 aliphatic heterocycles. The van der Waals surface area contributed by atoms with Gasteiger partial charge in [0.05, 0.1) is 12.7 Å². The van der Waals surface area contributed by atoms with Gasteiger partial charge in [0.25, 0.3) is 5.24 Å². The van der Waals surface area contributed by atoms with Crippen LogP contribution in [0.1, 0.15) is 20.7 Å². The summed E-state index contributed by atoms with van der Waals surface area (Å²) in [6, 6.07) is 4.19. The molecule has 3 nitrogen and oxygen atoms in total. The van der Waals surface area contributed by atoms with Crippen LogP contribution >= 0.6 is 23.2 Å². The maximum absolute atomic E-state index is 11.2. The summed E-state index contributed by atoms with van der Waals surface area (Å²) >= 11 is 10.9. The molecule has 0 atom stereocenters. The van der Waals surface area contributed by atoms with Gasteiger partial charge >= 0.3 is 5.97 Å². The molecule has 0 radical (unpaired) electrons. The molecular formula is C9H6Cl2O3. The first-order valence-electron chi connectivity index (χ1n) is 3.64. The lowest BCUT2D eigenvalue weighted by Gasteiger charge is -2.03. The van der Waals surface area contributed by atoms with Crippen molar-refractivity contribution < 1.29 is 14.3 Å². The summed E-state index contributed by atoms with van der Waals surface area (Å²) in [5.74, 6) is -0.642. The Hall–Kier alpha value is -1.06. The first-order chi connectivity index (χ1) is 6.56. The molecule has 0 aromatic heterocycles. The van der Waals surface area contributed by atoms with Crippen molar-refractivity contribution in [1.82, 2.24) is 0 Å². The van der Waals surface area contributed by atoms with E-state index in [4.69, 9.17) is 23.2 Å². The molecule has 1 rings (SSSR count). The number of hydrogen-bond acceptors (Lipinski definition) is 3. The van der Waals surface area contributed by atoms with Gasteiger partial charge in [-0.2, -0.15) is 0 Å². The molecule has 5 heteroatoms. The highest BCUT2D eigenvalue weighted by molar-refractivity contribution is 6.68. The van der Waals surface area contributed by atoms with E-state index in [-0.39, 0.29) is 11.1 Å². The lowest BCUT2D eigenvalue weighted by Crippen LogP contribution is -2.07. The van der Waals surface area contributed by atoms with Gasteiger partial charge in [-0.1, -0.05) is 11.6 Å². The number of halogens is 2. The lowest BCUT2D eigenvalue weighted by atomic mass is 10.1. The fourth-order valence-electron chi connectivity index (χ4n) is 0.967. The molecule has 0 spiro atoms. The van der Waals surface area contributed by atoms with Crippen molar-refractivity contribution in [3.63, 3.8) is 0 Å². The zero-order valence-corrected chi connectivity index (χ0v) is 8.72. The van der Waals surface area contributed by atoms with E-state index < -0.39 is 11.2 Å². The zero-order chi connectivity index (χ0) is 10.7. The van der Waals surface area contributed by atoms with Gasteiger partial charge in [0, 0.05) is 10.6 Å². The Morgan fingerprint density at radius 3 is 2.43 bits per heavy atom. The van der Waals surface area contributed by atoms with Crippen molar-refractivity contribution in [2.24, 2.45) is 0 Å². The maximum Gasteiger partial charge on any atom is 0.338 e. The van der Waals surface area contributed by atoms with Gasteiger partial charge in [0.15, 0.2) is 0 Å². The molecule has 1 aromatic carbocycles. The van der Waals surface area contributed by atoms with Gasteiger partial charge in [0.1, 0.15) is 0 Å². The first-order valence-corrected chi connectivity index (χ1v) is 4.39. The molecule has 0 amide bonds. The molecule has 0 unspecified atom stereocenters. The highest BCUT2D eigenvalue weighted by Gasteiger charge is 2.16. The molecule has 0 bridgehead atoms. The highest BCUT2D eigenvalue weighted by Crippen LogP contribution is 2.18. The van der Waals surface area contributed by atoms with Crippen LogP contribution < -0.4 is 0 Å². The van der Waals surface area contributed by atoms with Crippen molar-refractivity contribution >= 4 is 34.4 Å². The molecule has 14 heavy (non-hydrogen) atoms. The van der Waals surface area contributed by atoms with E-state index in [0.717, 1.165) is 0 Å². The van der Waals surface area contributed by atoms with Crippen molar-refractivity contribution in [2.75, 3.05) is 7.11 Å². The molecule has 0 saturated carbocycles. The Kier molecular flexibility index (Phi) is 3.49. The lowest BCUT2D eigenvalue weighted by molar-refractivity contribution is 0.0598. The third-order valence-electron chi connectivity index (χ3n) is 1.60. The third kappa shape index (κ3) is 2.25. The van der Waals surface area contributed by atoms with Crippen LogP contribution in [0.5, 0.6) is 0 Å². The number of hydrogen-bond donors (Lipinski definition) is 0. The van der Waals surface area contributed by atoms with Crippen LogP contribution in [0.2, 0.25) is 5.02 Å². The van der Waals surface area contributed by atoms with Crippen molar-refractivity contribution in [1.29, 1.82) is 0 Å². The monoisotopic (exact) mass is 232 g/mol. The Labute approximate surface area is 90.6 Å². The number of rotatable bonds is 2. The molecule has 0 heterocycles. The van der Waals surface area contributed by atoms with E-state index in [2.05, 4.69) is 4.74 Å². The van der Waals surface area contributed by atoms with Crippen LogP contribution in [-0.2, 0) is 4.74 Å². The topological polar surface area (TPSA) is 43.4 Å². The Bertz CT molecular complexity index is 388. The average molecular weight is 233 g/mol. The fraction of sp³-hybridized carbons (Fsp3) is 0.111. The normalized spacial score (nSPS) is 9.64. The van der Waals surface area contributed by atoms with Gasteiger partial charge in [-0.15, -0.1) is 0 Å². The van der Waals surface area contributed by atoms with Crippen molar-refractivity contribution in [2.45, 2.75) is 0 Å². The molecule has 0 N–H and O–H groups in total. The number of esters is 1. The van der Waals surface area contributed by atoms with Crippen LogP contribution in [0.25, 0.3) is 0 Å². The Morgan fingerprint density at radius 2 is 1.93 bits per heavy atom. The average Bonchev–Trinajstić information content (AvgIpc) is 2.16. The number of ether oxygens (including phenoxy) is 1. The summed E-state index contributed by atoms with van der Waals surface area (Å²) in [6.45, 7) is 0. The molecule has 0 aliphatic rings. The van der Waals surface area contributed by atoms with Gasteiger partial charge < -0.3 is 4.74 Å². The smallest absolute Gasteiger partial charge is 0.338 e. The summed E-state index contributed by atoms with van der Waals surface area (Å²) in [7, 11) is 1.21. The van der Waals surface area contributed by atoms with E-state index >= 15 is 0 Å². The standard InChI is InChI=1S/C9H6Cl2O3/c1-14-9(13)7-4-5(10)2-3-6(7)8(11)12/h2-4H,1H3. The first kappa shape index (κ1) is 11.0. The molecule has 0 fully saturated rings. The Morgan fingerprint density at radius 1 is 1.29 bits per heavy atom. The van der Waals surface area contributed by atoms with E-state index in [1.807, 2.05) is 0 Å². The van der Waals surface area contributed by atoms with Gasteiger partial charge in [-0.25, -0.2) is 4.79 Å². The largest absolute Gasteiger partial charge is 0.465 e. The van der Waals surface area contributed by atoms with Gasteiger partial charge in [-0.3, -0.25) is 4.79 Å². The predicted molar refractivity (Wildman–Crippen MR) is 53.0 cm³/mol. The van der Waals surface area contributed by atoms with E-state index in [1.54, 1.807) is 0 Å². The third-order valence-corrected chi connectivity index (χ3v) is 2.04. The number of methoxy groups -OCH3 is 1. The number of benzene rings is 1. The second kappa shape index (κ2) is 4.44. The van der Waals surface area contributed by atoms with E-state index in [1.165, 1.54) is 25.3 Å². The molecule has 0 saturated heterocycles. The number of carbonyl (C=O) groups is 2. The predicted octanol–water partition coefficient (Wildman–Crippen LogP) is 2.51.